The van der Waals surface area contributed by atoms with Crippen molar-refractivity contribution < 1.29 is 13.9 Å². The zero-order chi connectivity index (χ0) is 17.8. The Hall–Kier alpha value is -3.02. The van der Waals surface area contributed by atoms with Crippen molar-refractivity contribution in [1.82, 2.24) is 15.1 Å². The van der Waals surface area contributed by atoms with E-state index in [1.54, 1.807) is 36.5 Å². The van der Waals surface area contributed by atoms with Crippen LogP contribution in [0.3, 0.4) is 0 Å². The van der Waals surface area contributed by atoms with Gasteiger partial charge in [-0.15, -0.1) is 0 Å². The number of ether oxygens (including phenoxy) is 1. The van der Waals surface area contributed by atoms with Crippen LogP contribution in [0.5, 0.6) is 5.75 Å². The first-order chi connectivity index (χ1) is 12.1. The highest BCUT2D eigenvalue weighted by atomic mass is 16.5. The maximum absolute atomic E-state index is 12.7. The van der Waals surface area contributed by atoms with Gasteiger partial charge in [0.15, 0.2) is 0 Å². The minimum Gasteiger partial charge on any atom is -0.496 e. The molecule has 1 atom stereocenters. The van der Waals surface area contributed by atoms with Gasteiger partial charge in [0.2, 0.25) is 0 Å². The van der Waals surface area contributed by atoms with Crippen LogP contribution in [0, 0.1) is 0 Å². The molecular weight excluding hydrogens is 318 g/mol. The fourth-order valence-electron chi connectivity index (χ4n) is 2.61. The van der Waals surface area contributed by atoms with Gasteiger partial charge in [-0.05, 0) is 32.0 Å². The van der Waals surface area contributed by atoms with Gasteiger partial charge >= 0.3 is 0 Å². The van der Waals surface area contributed by atoms with Gasteiger partial charge < -0.3 is 14.5 Å². The summed E-state index contributed by atoms with van der Waals surface area (Å²) < 4.78 is 12.7. The lowest BCUT2D eigenvalue weighted by atomic mass is 10.0. The summed E-state index contributed by atoms with van der Waals surface area (Å²) in [6.07, 6.45) is 4.89. The first kappa shape index (κ1) is 16.8. The fraction of sp³-hybridized carbons (Fsp3) is 0.263. The summed E-state index contributed by atoms with van der Waals surface area (Å²) in [4.78, 5) is 12.7. The molecule has 0 aliphatic rings. The van der Waals surface area contributed by atoms with Gasteiger partial charge in [0.25, 0.3) is 5.91 Å². The van der Waals surface area contributed by atoms with Crippen molar-refractivity contribution in [2.75, 3.05) is 7.11 Å². The van der Waals surface area contributed by atoms with Crippen LogP contribution in [0.15, 0.2) is 59.5 Å². The van der Waals surface area contributed by atoms with Gasteiger partial charge in [0.1, 0.15) is 17.6 Å². The summed E-state index contributed by atoms with van der Waals surface area (Å²) >= 11 is 0. The average molecular weight is 339 g/mol. The van der Waals surface area contributed by atoms with E-state index >= 15 is 0 Å². The summed E-state index contributed by atoms with van der Waals surface area (Å²) in [6, 6.07) is 10.9. The number of para-hydroxylation sites is 1. The second-order valence-corrected chi connectivity index (χ2v) is 5.97. The normalized spacial score (nSPS) is 12.2. The van der Waals surface area contributed by atoms with Gasteiger partial charge in [-0.3, -0.25) is 9.48 Å². The van der Waals surface area contributed by atoms with Crippen LogP contribution in [0.25, 0.3) is 0 Å². The summed E-state index contributed by atoms with van der Waals surface area (Å²) in [5.41, 5.74) is 1.32. The summed E-state index contributed by atoms with van der Waals surface area (Å²) in [5.74, 6) is 1.09. The Kier molecular flexibility index (Phi) is 4.88. The smallest absolute Gasteiger partial charge is 0.255 e. The van der Waals surface area contributed by atoms with Crippen molar-refractivity contribution in [3.63, 3.8) is 0 Å². The molecule has 1 aromatic carbocycles. The number of amides is 1. The van der Waals surface area contributed by atoms with Crippen LogP contribution in [0.1, 0.15) is 47.6 Å². The predicted molar refractivity (Wildman–Crippen MR) is 93.6 cm³/mol. The number of hydrogen-bond acceptors (Lipinski definition) is 4. The quantitative estimate of drug-likeness (QED) is 0.745. The summed E-state index contributed by atoms with van der Waals surface area (Å²) in [7, 11) is 1.60. The van der Waals surface area contributed by atoms with Crippen LogP contribution >= 0.6 is 0 Å². The number of methoxy groups -OCH3 is 1. The molecule has 0 saturated carbocycles. The van der Waals surface area contributed by atoms with Gasteiger partial charge in [-0.2, -0.15) is 5.10 Å². The monoisotopic (exact) mass is 339 g/mol. The van der Waals surface area contributed by atoms with E-state index in [2.05, 4.69) is 10.4 Å². The van der Waals surface area contributed by atoms with Crippen molar-refractivity contribution >= 4 is 5.91 Å². The molecule has 0 radical (unpaired) electrons. The number of aromatic nitrogens is 2. The lowest BCUT2D eigenvalue weighted by Gasteiger charge is -2.19. The van der Waals surface area contributed by atoms with Crippen LogP contribution < -0.4 is 10.1 Å². The fourth-order valence-corrected chi connectivity index (χ4v) is 2.61. The van der Waals surface area contributed by atoms with Crippen molar-refractivity contribution in [1.29, 1.82) is 0 Å². The average Bonchev–Trinajstić information content (AvgIpc) is 3.31. The molecule has 1 amide bonds. The zero-order valence-corrected chi connectivity index (χ0v) is 14.5. The van der Waals surface area contributed by atoms with Crippen LogP contribution in [0.2, 0.25) is 0 Å². The van der Waals surface area contributed by atoms with E-state index in [9.17, 15) is 4.79 Å². The third kappa shape index (κ3) is 3.57. The SMILES string of the molecule is COc1ccccc1C(NC(=O)c1cnn(C(C)C)c1)c1ccco1. The molecule has 6 heteroatoms. The lowest BCUT2D eigenvalue weighted by Crippen LogP contribution is -2.29. The number of furan rings is 1. The first-order valence-electron chi connectivity index (χ1n) is 8.11. The Labute approximate surface area is 146 Å². The third-order valence-corrected chi connectivity index (χ3v) is 3.95. The van der Waals surface area contributed by atoms with Crippen LogP contribution in [-0.4, -0.2) is 22.8 Å². The number of nitrogens with one attached hydrogen (secondary N) is 1. The van der Waals surface area contributed by atoms with E-state index in [1.165, 1.54) is 0 Å². The van der Waals surface area contributed by atoms with E-state index < -0.39 is 6.04 Å². The number of carbonyl (C=O) groups excluding carboxylic acids is 1. The highest BCUT2D eigenvalue weighted by molar-refractivity contribution is 5.94. The molecule has 1 N–H and O–H groups in total. The summed E-state index contributed by atoms with van der Waals surface area (Å²) in [5, 5.41) is 7.23. The molecule has 25 heavy (non-hydrogen) atoms. The number of carbonyl (C=O) groups is 1. The van der Waals surface area contributed by atoms with Crippen molar-refractivity contribution in [3.8, 4) is 5.75 Å². The molecule has 2 aromatic heterocycles. The van der Waals surface area contributed by atoms with Gasteiger partial charge in [-0.1, -0.05) is 18.2 Å². The molecule has 0 fully saturated rings. The molecule has 0 aliphatic heterocycles. The van der Waals surface area contributed by atoms with E-state index in [-0.39, 0.29) is 11.9 Å². The maximum Gasteiger partial charge on any atom is 0.255 e. The number of hydrogen-bond donors (Lipinski definition) is 1. The van der Waals surface area contributed by atoms with Gasteiger partial charge in [0.05, 0.1) is 25.1 Å². The lowest BCUT2D eigenvalue weighted by molar-refractivity contribution is 0.0938. The molecule has 130 valence electrons. The van der Waals surface area contributed by atoms with E-state index in [1.807, 2.05) is 44.2 Å². The molecule has 3 aromatic rings. The number of benzene rings is 1. The molecule has 0 aliphatic carbocycles. The largest absolute Gasteiger partial charge is 0.496 e. The van der Waals surface area contributed by atoms with Crippen LogP contribution in [0.4, 0.5) is 0 Å². The molecule has 1 unspecified atom stereocenters. The van der Waals surface area contributed by atoms with Crippen molar-refractivity contribution in [2.45, 2.75) is 25.9 Å². The third-order valence-electron chi connectivity index (χ3n) is 3.95. The summed E-state index contributed by atoms with van der Waals surface area (Å²) in [6.45, 7) is 4.02. The zero-order valence-electron chi connectivity index (χ0n) is 14.5. The van der Waals surface area contributed by atoms with Gasteiger partial charge in [-0.25, -0.2) is 0 Å². The number of rotatable bonds is 6. The predicted octanol–water partition coefficient (Wildman–Crippen LogP) is 3.59. The minimum absolute atomic E-state index is 0.191. The van der Waals surface area contributed by atoms with Crippen molar-refractivity contribution in [2.24, 2.45) is 0 Å². The molecule has 0 spiro atoms. The Morgan fingerprint density at radius 1 is 1.24 bits per heavy atom. The topological polar surface area (TPSA) is 69.3 Å². The van der Waals surface area contributed by atoms with E-state index in [0.29, 0.717) is 17.1 Å². The standard InChI is InChI=1S/C19H21N3O3/c1-13(2)22-12-14(11-20-22)19(23)21-18(17-9-6-10-25-17)15-7-4-5-8-16(15)24-3/h4-13,18H,1-3H3,(H,21,23). The molecule has 2 heterocycles. The van der Waals surface area contributed by atoms with E-state index in [0.717, 1.165) is 5.56 Å². The Morgan fingerprint density at radius 2 is 2.04 bits per heavy atom. The molecule has 0 saturated heterocycles. The Morgan fingerprint density at radius 3 is 2.68 bits per heavy atom. The van der Waals surface area contributed by atoms with Crippen LogP contribution in [-0.2, 0) is 0 Å². The Bertz CT molecular complexity index is 837. The molecule has 3 rings (SSSR count). The maximum atomic E-state index is 12.7. The molecular formula is C19H21N3O3. The second-order valence-electron chi connectivity index (χ2n) is 5.97. The Balaban J connectivity index is 1.91. The molecule has 0 bridgehead atoms. The molecule has 6 nitrogen and oxygen atoms in total. The first-order valence-corrected chi connectivity index (χ1v) is 8.11. The van der Waals surface area contributed by atoms with E-state index in [4.69, 9.17) is 9.15 Å². The minimum atomic E-state index is -0.457. The highest BCUT2D eigenvalue weighted by Crippen LogP contribution is 2.30. The number of nitrogens with zero attached hydrogens (tertiary/aromatic N) is 2. The second kappa shape index (κ2) is 7.25. The van der Waals surface area contributed by atoms with Crippen molar-refractivity contribution in [3.05, 3.63) is 71.9 Å². The highest BCUT2D eigenvalue weighted by Gasteiger charge is 2.24. The van der Waals surface area contributed by atoms with Gasteiger partial charge in [0, 0.05) is 17.8 Å².